The van der Waals surface area contributed by atoms with E-state index in [1.807, 2.05) is 6.07 Å². The summed E-state index contributed by atoms with van der Waals surface area (Å²) in [5.41, 5.74) is 6.05. The third-order valence-electron chi connectivity index (χ3n) is 3.05. The number of aryl methyl sites for hydroxylation is 2. The van der Waals surface area contributed by atoms with Gasteiger partial charge in [0.2, 0.25) is 0 Å². The Bertz CT molecular complexity index is 492. The molecule has 96 valence electrons. The fourth-order valence-electron chi connectivity index (χ4n) is 2.04. The highest BCUT2D eigenvalue weighted by molar-refractivity contribution is 5.64. The highest BCUT2D eigenvalue weighted by Crippen LogP contribution is 2.26. The van der Waals surface area contributed by atoms with Gasteiger partial charge in [0.15, 0.2) is 0 Å². The van der Waals surface area contributed by atoms with Crippen LogP contribution in [0.2, 0.25) is 0 Å². The van der Waals surface area contributed by atoms with Gasteiger partial charge in [-0.1, -0.05) is 0 Å². The lowest BCUT2D eigenvalue weighted by atomic mass is 10.1. The molecule has 4 heteroatoms. The Morgan fingerprint density at radius 2 is 1.89 bits per heavy atom. The lowest BCUT2D eigenvalue weighted by molar-refractivity contribution is 0.978. The molecule has 4 nitrogen and oxygen atoms in total. The second-order valence-corrected chi connectivity index (χ2v) is 4.78. The van der Waals surface area contributed by atoms with Gasteiger partial charge >= 0.3 is 0 Å². The quantitative estimate of drug-likeness (QED) is 0.869. The molecule has 0 radical (unpaired) electrons. The van der Waals surface area contributed by atoms with E-state index < -0.39 is 0 Å². The monoisotopic (exact) mass is 244 g/mol. The third-order valence-corrected chi connectivity index (χ3v) is 3.05. The molecule has 0 unspecified atom stereocenters. The first-order valence-corrected chi connectivity index (χ1v) is 6.08. The number of nitrogens with zero attached hydrogens (tertiary/aromatic N) is 2. The standard InChI is InChI=1S/C14H20N4/c1-10-7-13(18(3)4)8-11(2)14(10)15-9-12-5-6-16-17-12/h5-8,15H,9H2,1-4H3,(H,16,17). The molecule has 1 heterocycles. The SMILES string of the molecule is Cc1cc(N(C)C)cc(C)c1NCc1ccn[nH]1. The van der Waals surface area contributed by atoms with Crippen molar-refractivity contribution in [1.29, 1.82) is 0 Å². The van der Waals surface area contributed by atoms with Crippen LogP contribution in [0.15, 0.2) is 24.4 Å². The van der Waals surface area contributed by atoms with Gasteiger partial charge in [0.05, 0.1) is 12.2 Å². The van der Waals surface area contributed by atoms with Crippen LogP contribution in [0.5, 0.6) is 0 Å². The molecule has 0 fully saturated rings. The summed E-state index contributed by atoms with van der Waals surface area (Å²) in [5, 5.41) is 10.4. The van der Waals surface area contributed by atoms with Crippen LogP contribution in [0.4, 0.5) is 11.4 Å². The second-order valence-electron chi connectivity index (χ2n) is 4.78. The number of hydrogen-bond donors (Lipinski definition) is 2. The zero-order valence-electron chi connectivity index (χ0n) is 11.4. The van der Waals surface area contributed by atoms with Gasteiger partial charge in [-0.2, -0.15) is 5.10 Å². The number of rotatable bonds is 4. The Balaban J connectivity index is 2.18. The van der Waals surface area contributed by atoms with Gasteiger partial charge in [-0.05, 0) is 43.2 Å². The van der Waals surface area contributed by atoms with Gasteiger partial charge in [0, 0.05) is 31.7 Å². The summed E-state index contributed by atoms with van der Waals surface area (Å²) in [4.78, 5) is 2.12. The molecule has 0 aliphatic carbocycles. The molecule has 0 aliphatic heterocycles. The maximum Gasteiger partial charge on any atom is 0.0567 e. The number of nitrogens with one attached hydrogen (secondary N) is 2. The van der Waals surface area contributed by atoms with Gasteiger partial charge in [-0.15, -0.1) is 0 Å². The van der Waals surface area contributed by atoms with Gasteiger partial charge in [-0.3, -0.25) is 5.10 Å². The Kier molecular flexibility index (Phi) is 3.55. The van der Waals surface area contributed by atoms with Crippen molar-refractivity contribution in [3.05, 3.63) is 41.2 Å². The predicted molar refractivity (Wildman–Crippen MR) is 76.2 cm³/mol. The molecule has 0 atom stereocenters. The summed E-state index contributed by atoms with van der Waals surface area (Å²) in [6.07, 6.45) is 1.77. The number of hydrogen-bond acceptors (Lipinski definition) is 3. The van der Waals surface area contributed by atoms with Crippen LogP contribution in [0, 0.1) is 13.8 Å². The first-order valence-electron chi connectivity index (χ1n) is 6.08. The van der Waals surface area contributed by atoms with E-state index in [-0.39, 0.29) is 0 Å². The molecule has 1 aromatic heterocycles. The first-order chi connectivity index (χ1) is 8.58. The molecular formula is C14H20N4. The minimum Gasteiger partial charge on any atom is -0.379 e. The van der Waals surface area contributed by atoms with Crippen LogP contribution in [0.25, 0.3) is 0 Å². The van der Waals surface area contributed by atoms with Crippen molar-refractivity contribution in [3.8, 4) is 0 Å². The molecule has 0 saturated carbocycles. The molecular weight excluding hydrogens is 224 g/mol. The zero-order chi connectivity index (χ0) is 13.1. The fourth-order valence-corrected chi connectivity index (χ4v) is 2.04. The Hall–Kier alpha value is -1.97. The fraction of sp³-hybridized carbons (Fsp3) is 0.357. The predicted octanol–water partition coefficient (Wildman–Crippen LogP) is 2.70. The van der Waals surface area contributed by atoms with Crippen LogP contribution < -0.4 is 10.2 Å². The third kappa shape index (κ3) is 2.64. The van der Waals surface area contributed by atoms with E-state index in [9.17, 15) is 0 Å². The highest BCUT2D eigenvalue weighted by atomic mass is 15.1. The Labute approximate surface area is 108 Å². The maximum absolute atomic E-state index is 3.94. The lowest BCUT2D eigenvalue weighted by Gasteiger charge is -2.18. The Morgan fingerprint density at radius 3 is 2.39 bits per heavy atom. The number of anilines is 2. The second kappa shape index (κ2) is 5.12. The van der Waals surface area contributed by atoms with E-state index in [0.29, 0.717) is 0 Å². The van der Waals surface area contributed by atoms with Crippen molar-refractivity contribution in [2.75, 3.05) is 24.3 Å². The van der Waals surface area contributed by atoms with Crippen LogP contribution in [0.1, 0.15) is 16.8 Å². The summed E-state index contributed by atoms with van der Waals surface area (Å²) >= 11 is 0. The Morgan fingerprint density at radius 1 is 1.22 bits per heavy atom. The first kappa shape index (κ1) is 12.5. The lowest BCUT2D eigenvalue weighted by Crippen LogP contribution is -2.10. The van der Waals surface area contributed by atoms with E-state index >= 15 is 0 Å². The minimum absolute atomic E-state index is 0.767. The van der Waals surface area contributed by atoms with Crippen molar-refractivity contribution in [3.63, 3.8) is 0 Å². The van der Waals surface area contributed by atoms with Crippen molar-refractivity contribution in [1.82, 2.24) is 10.2 Å². The van der Waals surface area contributed by atoms with Gasteiger partial charge in [-0.25, -0.2) is 0 Å². The van der Waals surface area contributed by atoms with E-state index in [1.54, 1.807) is 6.20 Å². The van der Waals surface area contributed by atoms with Crippen molar-refractivity contribution >= 4 is 11.4 Å². The van der Waals surface area contributed by atoms with Gasteiger partial charge in [0.1, 0.15) is 0 Å². The summed E-state index contributed by atoms with van der Waals surface area (Å²) < 4.78 is 0. The molecule has 2 N–H and O–H groups in total. The summed E-state index contributed by atoms with van der Waals surface area (Å²) in [5.74, 6) is 0. The molecule has 0 saturated heterocycles. The van der Waals surface area contributed by atoms with E-state index in [1.165, 1.54) is 22.5 Å². The number of benzene rings is 1. The molecule has 1 aromatic carbocycles. The molecule has 2 aromatic rings. The van der Waals surface area contributed by atoms with Gasteiger partial charge in [0.25, 0.3) is 0 Å². The molecule has 0 aliphatic rings. The van der Waals surface area contributed by atoms with Crippen LogP contribution in [-0.2, 0) is 6.54 Å². The summed E-state index contributed by atoms with van der Waals surface area (Å²) in [7, 11) is 4.12. The zero-order valence-corrected chi connectivity index (χ0v) is 11.4. The van der Waals surface area contributed by atoms with Crippen LogP contribution in [0.3, 0.4) is 0 Å². The summed E-state index contributed by atoms with van der Waals surface area (Å²) in [6.45, 7) is 5.04. The number of H-pyrrole nitrogens is 1. The summed E-state index contributed by atoms with van der Waals surface area (Å²) in [6, 6.07) is 6.37. The average molecular weight is 244 g/mol. The topological polar surface area (TPSA) is 44.0 Å². The van der Waals surface area contributed by atoms with Crippen molar-refractivity contribution < 1.29 is 0 Å². The van der Waals surface area contributed by atoms with E-state index in [0.717, 1.165) is 12.2 Å². The van der Waals surface area contributed by atoms with E-state index in [4.69, 9.17) is 0 Å². The van der Waals surface area contributed by atoms with Crippen LogP contribution >= 0.6 is 0 Å². The van der Waals surface area contributed by atoms with Crippen molar-refractivity contribution in [2.24, 2.45) is 0 Å². The molecule has 0 spiro atoms. The molecule has 0 bridgehead atoms. The van der Waals surface area contributed by atoms with Crippen LogP contribution in [-0.4, -0.2) is 24.3 Å². The van der Waals surface area contributed by atoms with Gasteiger partial charge < -0.3 is 10.2 Å². The number of aromatic nitrogens is 2. The minimum atomic E-state index is 0.767. The molecule has 2 rings (SSSR count). The smallest absolute Gasteiger partial charge is 0.0567 e. The van der Waals surface area contributed by atoms with Crippen molar-refractivity contribution in [2.45, 2.75) is 20.4 Å². The molecule has 18 heavy (non-hydrogen) atoms. The highest BCUT2D eigenvalue weighted by Gasteiger charge is 2.06. The normalized spacial score (nSPS) is 10.4. The number of aromatic amines is 1. The largest absolute Gasteiger partial charge is 0.379 e. The average Bonchev–Trinajstić information content (AvgIpc) is 2.80. The maximum atomic E-state index is 3.94. The molecule has 0 amide bonds. The van der Waals surface area contributed by atoms with E-state index in [2.05, 4.69) is 60.5 Å².